The SMILES string of the molecule is CC(C)CNCc1ccc(Cl)cc1N1CCCSCC1. The zero-order chi connectivity index (χ0) is 14.4. The molecule has 0 bridgehead atoms. The van der Waals surface area contributed by atoms with Gasteiger partial charge in [0.25, 0.3) is 0 Å². The van der Waals surface area contributed by atoms with Crippen molar-refractivity contribution in [1.82, 2.24) is 5.32 Å². The van der Waals surface area contributed by atoms with E-state index in [0.717, 1.165) is 31.2 Å². The highest BCUT2D eigenvalue weighted by molar-refractivity contribution is 7.99. The second kappa shape index (κ2) is 8.16. The van der Waals surface area contributed by atoms with E-state index in [1.165, 1.54) is 29.2 Å². The summed E-state index contributed by atoms with van der Waals surface area (Å²) < 4.78 is 0. The molecule has 1 fully saturated rings. The number of benzene rings is 1. The molecule has 4 heteroatoms. The van der Waals surface area contributed by atoms with Crippen molar-refractivity contribution in [1.29, 1.82) is 0 Å². The molecule has 1 heterocycles. The lowest BCUT2D eigenvalue weighted by molar-refractivity contribution is 0.552. The van der Waals surface area contributed by atoms with Crippen molar-refractivity contribution in [3.8, 4) is 0 Å². The average Bonchev–Trinajstić information content (AvgIpc) is 2.69. The fourth-order valence-electron chi connectivity index (χ4n) is 2.46. The maximum Gasteiger partial charge on any atom is 0.0427 e. The minimum atomic E-state index is 0.681. The first-order valence-electron chi connectivity index (χ1n) is 7.48. The molecular formula is C16H25ClN2S. The van der Waals surface area contributed by atoms with Gasteiger partial charge in [0.05, 0.1) is 0 Å². The van der Waals surface area contributed by atoms with Crippen molar-refractivity contribution in [2.24, 2.45) is 5.92 Å². The summed E-state index contributed by atoms with van der Waals surface area (Å²) in [5, 5.41) is 4.38. The Balaban J connectivity index is 2.09. The molecule has 1 aromatic carbocycles. The smallest absolute Gasteiger partial charge is 0.0427 e. The Morgan fingerprint density at radius 2 is 2.15 bits per heavy atom. The van der Waals surface area contributed by atoms with Crippen LogP contribution in [0.25, 0.3) is 0 Å². The second-order valence-corrected chi connectivity index (χ2v) is 7.41. The number of nitrogens with zero attached hydrogens (tertiary/aromatic N) is 1. The number of rotatable bonds is 5. The van der Waals surface area contributed by atoms with E-state index in [4.69, 9.17) is 11.6 Å². The first-order chi connectivity index (χ1) is 9.66. The third-order valence-corrected chi connectivity index (χ3v) is 4.76. The van der Waals surface area contributed by atoms with E-state index in [1.807, 2.05) is 6.07 Å². The lowest BCUT2D eigenvalue weighted by atomic mass is 10.1. The van der Waals surface area contributed by atoms with Crippen molar-refractivity contribution >= 4 is 29.1 Å². The standard InChI is InChI=1S/C16H25ClN2S/c1-13(2)11-18-12-14-4-5-15(17)10-16(14)19-6-3-8-20-9-7-19/h4-5,10,13,18H,3,6-9,11-12H2,1-2H3. The first-order valence-corrected chi connectivity index (χ1v) is 9.02. The summed E-state index contributed by atoms with van der Waals surface area (Å²) in [4.78, 5) is 2.50. The van der Waals surface area contributed by atoms with Crippen LogP contribution in [0.4, 0.5) is 5.69 Å². The third kappa shape index (κ3) is 4.87. The van der Waals surface area contributed by atoms with Gasteiger partial charge in [-0.05, 0) is 42.3 Å². The van der Waals surface area contributed by atoms with Crippen LogP contribution in [0, 0.1) is 5.92 Å². The highest BCUT2D eigenvalue weighted by atomic mass is 35.5. The van der Waals surface area contributed by atoms with Gasteiger partial charge in [-0.15, -0.1) is 0 Å². The van der Waals surface area contributed by atoms with Crippen LogP contribution in [-0.4, -0.2) is 31.1 Å². The van der Waals surface area contributed by atoms with Gasteiger partial charge in [-0.25, -0.2) is 0 Å². The minimum Gasteiger partial charge on any atom is -0.370 e. The van der Waals surface area contributed by atoms with Gasteiger partial charge in [0, 0.05) is 36.1 Å². The third-order valence-electron chi connectivity index (χ3n) is 3.48. The van der Waals surface area contributed by atoms with Crippen LogP contribution < -0.4 is 10.2 Å². The average molecular weight is 313 g/mol. The minimum absolute atomic E-state index is 0.681. The molecule has 0 radical (unpaired) electrons. The summed E-state index contributed by atoms with van der Waals surface area (Å²) in [6, 6.07) is 6.30. The lowest BCUT2D eigenvalue weighted by Crippen LogP contribution is -2.28. The quantitative estimate of drug-likeness (QED) is 0.883. The van der Waals surface area contributed by atoms with E-state index >= 15 is 0 Å². The Labute approximate surface area is 132 Å². The van der Waals surface area contributed by atoms with Crippen molar-refractivity contribution in [2.75, 3.05) is 36.0 Å². The summed E-state index contributed by atoms with van der Waals surface area (Å²) >= 11 is 8.26. The Hall–Kier alpha value is -0.380. The van der Waals surface area contributed by atoms with Crippen molar-refractivity contribution in [3.63, 3.8) is 0 Å². The van der Waals surface area contributed by atoms with E-state index in [1.54, 1.807) is 0 Å². The number of halogens is 1. The maximum atomic E-state index is 6.21. The molecule has 1 saturated heterocycles. The highest BCUT2D eigenvalue weighted by Crippen LogP contribution is 2.27. The number of thioether (sulfide) groups is 1. The number of hydrogen-bond donors (Lipinski definition) is 1. The Kier molecular flexibility index (Phi) is 6.53. The Bertz CT molecular complexity index is 415. The van der Waals surface area contributed by atoms with Crippen molar-refractivity contribution in [2.45, 2.75) is 26.8 Å². The molecule has 2 nitrogen and oxygen atoms in total. The van der Waals surface area contributed by atoms with E-state index < -0.39 is 0 Å². The largest absolute Gasteiger partial charge is 0.370 e. The Morgan fingerprint density at radius 3 is 2.95 bits per heavy atom. The summed E-state index contributed by atoms with van der Waals surface area (Å²) in [6.45, 7) is 8.72. The number of anilines is 1. The molecule has 1 aliphatic rings. The van der Waals surface area contributed by atoms with E-state index in [0.29, 0.717) is 5.92 Å². The predicted molar refractivity (Wildman–Crippen MR) is 92.2 cm³/mol. The van der Waals surface area contributed by atoms with Gasteiger partial charge in [0.1, 0.15) is 0 Å². The van der Waals surface area contributed by atoms with E-state index in [2.05, 4.69) is 48.0 Å². The number of nitrogens with one attached hydrogen (secondary N) is 1. The molecule has 0 amide bonds. The molecule has 0 aromatic heterocycles. The second-order valence-electron chi connectivity index (χ2n) is 5.75. The maximum absolute atomic E-state index is 6.21. The summed E-state index contributed by atoms with van der Waals surface area (Å²) in [6.07, 6.45) is 1.26. The molecule has 20 heavy (non-hydrogen) atoms. The molecule has 1 N–H and O–H groups in total. The summed E-state index contributed by atoms with van der Waals surface area (Å²) in [5.41, 5.74) is 2.68. The molecule has 112 valence electrons. The molecule has 0 unspecified atom stereocenters. The van der Waals surface area contributed by atoms with Crippen LogP contribution >= 0.6 is 23.4 Å². The van der Waals surface area contributed by atoms with Crippen LogP contribution in [0.3, 0.4) is 0 Å². The van der Waals surface area contributed by atoms with Gasteiger partial charge in [-0.1, -0.05) is 31.5 Å². The molecule has 1 aliphatic heterocycles. The monoisotopic (exact) mass is 312 g/mol. The van der Waals surface area contributed by atoms with Gasteiger partial charge < -0.3 is 10.2 Å². The van der Waals surface area contributed by atoms with Gasteiger partial charge in [0.15, 0.2) is 0 Å². The van der Waals surface area contributed by atoms with Gasteiger partial charge >= 0.3 is 0 Å². The van der Waals surface area contributed by atoms with Crippen LogP contribution in [0.15, 0.2) is 18.2 Å². The van der Waals surface area contributed by atoms with E-state index in [-0.39, 0.29) is 0 Å². The van der Waals surface area contributed by atoms with Crippen molar-refractivity contribution in [3.05, 3.63) is 28.8 Å². The first kappa shape index (κ1) is 16.0. The fraction of sp³-hybridized carbons (Fsp3) is 0.625. The molecule has 0 spiro atoms. The molecule has 2 rings (SSSR count). The predicted octanol–water partition coefficient (Wildman–Crippen LogP) is 4.03. The fourth-order valence-corrected chi connectivity index (χ4v) is 3.52. The van der Waals surface area contributed by atoms with Crippen LogP contribution in [0.5, 0.6) is 0 Å². The summed E-state index contributed by atoms with van der Waals surface area (Å²) in [5.74, 6) is 3.17. The topological polar surface area (TPSA) is 15.3 Å². The molecule has 0 atom stereocenters. The van der Waals surface area contributed by atoms with Crippen LogP contribution in [-0.2, 0) is 6.54 Å². The molecule has 1 aromatic rings. The Morgan fingerprint density at radius 1 is 1.30 bits per heavy atom. The summed E-state index contributed by atoms with van der Waals surface area (Å²) in [7, 11) is 0. The number of hydrogen-bond acceptors (Lipinski definition) is 3. The van der Waals surface area contributed by atoms with Gasteiger partial charge in [-0.3, -0.25) is 0 Å². The van der Waals surface area contributed by atoms with Gasteiger partial charge in [-0.2, -0.15) is 11.8 Å². The van der Waals surface area contributed by atoms with Gasteiger partial charge in [0.2, 0.25) is 0 Å². The van der Waals surface area contributed by atoms with E-state index in [9.17, 15) is 0 Å². The normalized spacial score (nSPS) is 16.5. The zero-order valence-corrected chi connectivity index (χ0v) is 14.1. The van der Waals surface area contributed by atoms with Crippen molar-refractivity contribution < 1.29 is 0 Å². The molecule has 0 aliphatic carbocycles. The molecular weight excluding hydrogens is 288 g/mol. The molecule has 0 saturated carbocycles. The highest BCUT2D eigenvalue weighted by Gasteiger charge is 2.14. The van der Waals surface area contributed by atoms with Crippen LogP contribution in [0.2, 0.25) is 5.02 Å². The zero-order valence-electron chi connectivity index (χ0n) is 12.5. The van der Waals surface area contributed by atoms with Crippen LogP contribution in [0.1, 0.15) is 25.8 Å². The lowest BCUT2D eigenvalue weighted by Gasteiger charge is -2.26.